The minimum atomic E-state index is 1.02. The Morgan fingerprint density at radius 1 is 0.417 bits per heavy atom. The molecular weight excluding hydrogens is 444 g/mol. The normalized spacial score (nSPS) is 12.8. The van der Waals surface area contributed by atoms with Crippen LogP contribution in [-0.4, -0.2) is 29.9 Å². The standard InChI is InChI=1S/C30H22N6/c1-5-25-29(19-9-13-31-14-10-19)26-7-3-23(35-26)18-24-4-8-28(36-24)30(20-11-15-32-16-12-20)27-6-2-22(34-27)17-21(1)33-25/h1-18,33-36H. The van der Waals surface area contributed by atoms with E-state index >= 15 is 0 Å². The Morgan fingerprint density at radius 2 is 0.861 bits per heavy atom. The summed E-state index contributed by atoms with van der Waals surface area (Å²) in [6, 6.07) is 25.1. The van der Waals surface area contributed by atoms with Crippen molar-refractivity contribution in [3.63, 3.8) is 0 Å². The number of H-pyrrole nitrogens is 4. The second-order valence-electron chi connectivity index (χ2n) is 8.82. The van der Waals surface area contributed by atoms with Gasteiger partial charge in [-0.25, -0.2) is 0 Å². The molecule has 36 heavy (non-hydrogen) atoms. The van der Waals surface area contributed by atoms with Crippen LogP contribution in [-0.2, 0) is 0 Å². The van der Waals surface area contributed by atoms with Crippen LogP contribution in [0.4, 0.5) is 0 Å². The lowest BCUT2D eigenvalue weighted by molar-refractivity contribution is 1.20. The Morgan fingerprint density at radius 3 is 1.31 bits per heavy atom. The first-order valence-corrected chi connectivity index (χ1v) is 11.8. The monoisotopic (exact) mass is 466 g/mol. The Kier molecular flexibility index (Phi) is 4.67. The van der Waals surface area contributed by atoms with Gasteiger partial charge in [-0.1, -0.05) is 0 Å². The zero-order valence-electron chi connectivity index (χ0n) is 19.3. The van der Waals surface area contributed by atoms with E-state index < -0.39 is 0 Å². The minimum absolute atomic E-state index is 1.02. The molecule has 7 rings (SSSR count). The summed E-state index contributed by atoms with van der Waals surface area (Å²) in [7, 11) is 0. The average Bonchev–Trinajstić information content (AvgIpc) is 3.72. The molecular formula is C30H22N6. The second-order valence-corrected chi connectivity index (χ2v) is 8.82. The topological polar surface area (TPSA) is 88.9 Å². The zero-order chi connectivity index (χ0) is 23.9. The molecule has 1 aliphatic heterocycles. The number of fused-ring (bicyclic) bond motifs is 8. The second kappa shape index (κ2) is 8.29. The maximum Gasteiger partial charge on any atom is 0.0485 e. The van der Waals surface area contributed by atoms with Gasteiger partial charge in [0.05, 0.1) is 0 Å². The summed E-state index contributed by atoms with van der Waals surface area (Å²) in [5.74, 6) is 0. The molecule has 6 nitrogen and oxygen atoms in total. The summed E-state index contributed by atoms with van der Waals surface area (Å²) < 4.78 is 0. The van der Waals surface area contributed by atoms with Crippen LogP contribution in [0.3, 0.4) is 0 Å². The van der Waals surface area contributed by atoms with Crippen molar-refractivity contribution in [2.75, 3.05) is 0 Å². The van der Waals surface area contributed by atoms with E-state index in [0.717, 1.165) is 66.4 Å². The number of hydrogen-bond donors (Lipinski definition) is 4. The van der Waals surface area contributed by atoms with E-state index in [4.69, 9.17) is 0 Å². The molecule has 6 heteroatoms. The molecule has 0 radical (unpaired) electrons. The maximum absolute atomic E-state index is 4.21. The van der Waals surface area contributed by atoms with E-state index in [9.17, 15) is 0 Å². The fourth-order valence-electron chi connectivity index (χ4n) is 4.85. The van der Waals surface area contributed by atoms with Gasteiger partial charge in [-0.2, -0.15) is 0 Å². The third kappa shape index (κ3) is 3.61. The van der Waals surface area contributed by atoms with Crippen molar-refractivity contribution in [3.05, 3.63) is 153 Å². The van der Waals surface area contributed by atoms with Crippen LogP contribution in [0, 0.1) is 0 Å². The van der Waals surface area contributed by atoms with Crippen molar-refractivity contribution in [1.29, 1.82) is 0 Å². The van der Waals surface area contributed by atoms with Crippen molar-refractivity contribution >= 4 is 23.3 Å². The zero-order valence-corrected chi connectivity index (χ0v) is 19.3. The van der Waals surface area contributed by atoms with Gasteiger partial charge >= 0.3 is 0 Å². The van der Waals surface area contributed by atoms with Crippen molar-refractivity contribution in [3.8, 4) is 0 Å². The van der Waals surface area contributed by atoms with Gasteiger partial charge in [-0.05, 0) is 96.1 Å². The van der Waals surface area contributed by atoms with Crippen molar-refractivity contribution in [2.45, 2.75) is 0 Å². The van der Waals surface area contributed by atoms with Gasteiger partial charge in [-0.15, -0.1) is 0 Å². The highest BCUT2D eigenvalue weighted by atomic mass is 14.8. The number of nitrogens with one attached hydrogen (secondary N) is 4. The SMILES string of the molecule is C1=c2ccc([nH]2)=C(c2ccncc2)c2ccc([nH]2)C=c2ccc([nH]2)=C(c2ccncc2)c2ccc1[nH]2. The van der Waals surface area contributed by atoms with Gasteiger partial charge in [-0.3, -0.25) is 9.97 Å². The van der Waals surface area contributed by atoms with Gasteiger partial charge in [0.2, 0.25) is 0 Å². The summed E-state index contributed by atoms with van der Waals surface area (Å²) in [4.78, 5) is 22.8. The Bertz CT molecular complexity index is 1790. The first kappa shape index (κ1) is 20.3. The maximum atomic E-state index is 4.21. The quantitative estimate of drug-likeness (QED) is 0.315. The number of pyridine rings is 2. The molecule has 0 aliphatic carbocycles. The molecule has 0 saturated carbocycles. The first-order valence-electron chi connectivity index (χ1n) is 11.8. The molecule has 0 spiro atoms. The molecule has 0 amide bonds. The van der Waals surface area contributed by atoms with Crippen LogP contribution in [0.25, 0.3) is 23.3 Å². The fourth-order valence-corrected chi connectivity index (χ4v) is 4.85. The highest BCUT2D eigenvalue weighted by molar-refractivity contribution is 5.79. The molecule has 172 valence electrons. The summed E-state index contributed by atoms with van der Waals surface area (Å²) in [6.07, 6.45) is 11.6. The predicted molar refractivity (Wildman–Crippen MR) is 141 cm³/mol. The van der Waals surface area contributed by atoms with Crippen LogP contribution in [0.15, 0.2) is 97.6 Å². The van der Waals surface area contributed by atoms with E-state index in [1.807, 2.05) is 49.1 Å². The lowest BCUT2D eigenvalue weighted by Crippen LogP contribution is -2.15. The highest BCUT2D eigenvalue weighted by Crippen LogP contribution is 2.21. The third-order valence-corrected chi connectivity index (χ3v) is 6.47. The molecule has 0 unspecified atom stereocenters. The average molecular weight is 467 g/mol. The summed E-state index contributed by atoms with van der Waals surface area (Å²) >= 11 is 0. The van der Waals surface area contributed by atoms with Gasteiger partial charge in [0.25, 0.3) is 0 Å². The van der Waals surface area contributed by atoms with E-state index in [0.29, 0.717) is 0 Å². The van der Waals surface area contributed by atoms with Crippen LogP contribution in [0.1, 0.15) is 33.9 Å². The molecule has 0 fully saturated rings. The van der Waals surface area contributed by atoms with Gasteiger partial charge in [0.1, 0.15) is 0 Å². The fraction of sp³-hybridized carbons (Fsp3) is 0. The molecule has 6 aromatic heterocycles. The molecule has 8 bridgehead atoms. The number of nitrogens with zero attached hydrogens (tertiary/aromatic N) is 2. The van der Waals surface area contributed by atoms with Gasteiger partial charge in [0.15, 0.2) is 0 Å². The number of hydrogen-bond acceptors (Lipinski definition) is 2. The van der Waals surface area contributed by atoms with Crippen LogP contribution in [0.2, 0.25) is 0 Å². The van der Waals surface area contributed by atoms with Crippen molar-refractivity contribution in [1.82, 2.24) is 29.9 Å². The van der Waals surface area contributed by atoms with Crippen molar-refractivity contribution < 1.29 is 0 Å². The molecule has 1 aliphatic rings. The van der Waals surface area contributed by atoms with Crippen LogP contribution >= 0.6 is 0 Å². The third-order valence-electron chi connectivity index (χ3n) is 6.47. The lowest BCUT2D eigenvalue weighted by atomic mass is 10.0. The Hall–Kier alpha value is -5.10. The molecule has 4 N–H and O–H groups in total. The smallest absolute Gasteiger partial charge is 0.0485 e. The molecule has 7 heterocycles. The Labute approximate surface area is 206 Å². The van der Waals surface area contributed by atoms with E-state index in [1.54, 1.807) is 0 Å². The predicted octanol–water partition coefficient (Wildman–Crippen LogP) is 2.25. The summed E-state index contributed by atoms with van der Waals surface area (Å²) in [6.45, 7) is 0. The lowest BCUT2D eigenvalue weighted by Gasteiger charge is -2.05. The van der Waals surface area contributed by atoms with Gasteiger partial charge < -0.3 is 19.9 Å². The molecule has 0 saturated heterocycles. The highest BCUT2D eigenvalue weighted by Gasteiger charge is 2.12. The van der Waals surface area contributed by atoms with E-state index in [2.05, 4.69) is 90.6 Å². The van der Waals surface area contributed by atoms with Crippen molar-refractivity contribution in [2.24, 2.45) is 0 Å². The molecule has 0 aromatic carbocycles. The largest absolute Gasteiger partial charge is 0.355 e. The first-order chi connectivity index (χ1) is 17.8. The van der Waals surface area contributed by atoms with Crippen LogP contribution in [0.5, 0.6) is 0 Å². The molecule has 6 aromatic rings. The van der Waals surface area contributed by atoms with Gasteiger partial charge in [0, 0.05) is 80.1 Å². The number of rotatable bonds is 2. The van der Waals surface area contributed by atoms with Crippen LogP contribution < -0.4 is 21.4 Å². The van der Waals surface area contributed by atoms with E-state index in [-0.39, 0.29) is 0 Å². The number of aromatic nitrogens is 6. The summed E-state index contributed by atoms with van der Waals surface area (Å²) in [5, 5.41) is 4.10. The van der Waals surface area contributed by atoms with E-state index in [1.165, 1.54) is 0 Å². The summed E-state index contributed by atoms with van der Waals surface area (Å²) in [5.41, 5.74) is 8.47. The number of aromatic amines is 4. The Balaban J connectivity index is 1.54. The minimum Gasteiger partial charge on any atom is -0.355 e. The molecule has 0 atom stereocenters.